The van der Waals surface area contributed by atoms with Gasteiger partial charge in [0.25, 0.3) is 0 Å². The zero-order valence-electron chi connectivity index (χ0n) is 13.9. The van der Waals surface area contributed by atoms with E-state index in [1.165, 1.54) is 6.07 Å². The van der Waals surface area contributed by atoms with Crippen LogP contribution in [0.3, 0.4) is 0 Å². The molecule has 25 heavy (non-hydrogen) atoms. The van der Waals surface area contributed by atoms with Crippen molar-refractivity contribution in [3.63, 3.8) is 0 Å². The van der Waals surface area contributed by atoms with Crippen molar-refractivity contribution in [3.8, 4) is 28.4 Å². The molecule has 4 rings (SSSR count). The summed E-state index contributed by atoms with van der Waals surface area (Å²) in [7, 11) is 0. The fourth-order valence-electron chi connectivity index (χ4n) is 2.96. The van der Waals surface area contributed by atoms with E-state index in [1.54, 1.807) is 6.07 Å². The average Bonchev–Trinajstić information content (AvgIpc) is 2.65. The van der Waals surface area contributed by atoms with Crippen molar-refractivity contribution in [1.82, 2.24) is 0 Å². The molecule has 5 heteroatoms. The molecule has 0 fully saturated rings. The largest absolute Gasteiger partial charge is 0.493 e. The molecule has 0 aliphatic carbocycles. The maximum absolute atomic E-state index is 12.1. The van der Waals surface area contributed by atoms with Crippen molar-refractivity contribution in [1.29, 1.82) is 0 Å². The van der Waals surface area contributed by atoms with Gasteiger partial charge >= 0.3 is 5.63 Å². The highest BCUT2D eigenvalue weighted by atomic mass is 16.6. The summed E-state index contributed by atoms with van der Waals surface area (Å²) >= 11 is 0. The summed E-state index contributed by atoms with van der Waals surface area (Å²) in [5, 5.41) is 0.825. The average molecular weight is 338 g/mol. The van der Waals surface area contributed by atoms with Gasteiger partial charge in [-0.3, -0.25) is 0 Å². The standard InChI is InChI=1S/C20H18O5/c1-2-8-22-13-6-7-14-16(12-19(21)25-18(14)11-13)15-4-3-5-17-20(15)24-10-9-23-17/h3-7,11-12H,2,8-10H2,1H3. The van der Waals surface area contributed by atoms with Crippen LogP contribution in [0.15, 0.2) is 51.7 Å². The van der Waals surface area contributed by atoms with Crippen LogP contribution in [0.2, 0.25) is 0 Å². The van der Waals surface area contributed by atoms with E-state index in [4.69, 9.17) is 18.6 Å². The Labute approximate surface area is 144 Å². The third-order valence-electron chi connectivity index (χ3n) is 4.05. The van der Waals surface area contributed by atoms with Gasteiger partial charge in [0.2, 0.25) is 0 Å². The third-order valence-corrected chi connectivity index (χ3v) is 4.05. The molecule has 1 aliphatic heterocycles. The summed E-state index contributed by atoms with van der Waals surface area (Å²) in [6, 6.07) is 12.7. The number of rotatable bonds is 4. The molecule has 2 aromatic carbocycles. The molecule has 128 valence electrons. The highest BCUT2D eigenvalue weighted by Gasteiger charge is 2.19. The van der Waals surface area contributed by atoms with Gasteiger partial charge in [-0.05, 0) is 24.6 Å². The van der Waals surface area contributed by atoms with Crippen LogP contribution in [0.4, 0.5) is 0 Å². The minimum absolute atomic E-state index is 0.413. The fourth-order valence-corrected chi connectivity index (χ4v) is 2.96. The summed E-state index contributed by atoms with van der Waals surface area (Å²) < 4.78 is 22.5. The predicted molar refractivity (Wildman–Crippen MR) is 94.7 cm³/mol. The van der Waals surface area contributed by atoms with Crippen molar-refractivity contribution in [2.24, 2.45) is 0 Å². The first-order valence-corrected chi connectivity index (χ1v) is 8.36. The van der Waals surface area contributed by atoms with E-state index >= 15 is 0 Å². The first kappa shape index (κ1) is 15.6. The van der Waals surface area contributed by atoms with E-state index in [0.717, 1.165) is 22.9 Å². The molecule has 5 nitrogen and oxygen atoms in total. The van der Waals surface area contributed by atoms with Crippen LogP contribution in [0.5, 0.6) is 17.2 Å². The van der Waals surface area contributed by atoms with E-state index in [0.29, 0.717) is 42.7 Å². The lowest BCUT2D eigenvalue weighted by atomic mass is 10.0. The Morgan fingerprint density at radius 3 is 2.80 bits per heavy atom. The maximum Gasteiger partial charge on any atom is 0.336 e. The lowest BCUT2D eigenvalue weighted by Crippen LogP contribution is -2.16. The van der Waals surface area contributed by atoms with E-state index in [2.05, 4.69) is 0 Å². The van der Waals surface area contributed by atoms with Crippen LogP contribution in [-0.4, -0.2) is 19.8 Å². The summed E-state index contributed by atoms with van der Waals surface area (Å²) in [5.74, 6) is 2.03. The zero-order valence-corrected chi connectivity index (χ0v) is 13.9. The number of benzene rings is 2. The quantitative estimate of drug-likeness (QED) is 0.673. The van der Waals surface area contributed by atoms with Crippen molar-refractivity contribution < 1.29 is 18.6 Å². The van der Waals surface area contributed by atoms with E-state index in [9.17, 15) is 4.79 Å². The molecular weight excluding hydrogens is 320 g/mol. The molecule has 0 amide bonds. The number of hydrogen-bond donors (Lipinski definition) is 0. The van der Waals surface area contributed by atoms with Gasteiger partial charge in [0.05, 0.1) is 6.61 Å². The number of ether oxygens (including phenoxy) is 3. The van der Waals surface area contributed by atoms with Gasteiger partial charge in [-0.2, -0.15) is 0 Å². The fraction of sp³-hybridized carbons (Fsp3) is 0.250. The molecule has 0 bridgehead atoms. The number of fused-ring (bicyclic) bond motifs is 2. The molecule has 0 atom stereocenters. The lowest BCUT2D eigenvalue weighted by Gasteiger charge is -2.21. The predicted octanol–water partition coefficient (Wildman–Crippen LogP) is 4.02. The summed E-state index contributed by atoms with van der Waals surface area (Å²) in [6.45, 7) is 3.66. The van der Waals surface area contributed by atoms with Gasteiger partial charge in [0.15, 0.2) is 11.5 Å². The molecule has 0 spiro atoms. The number of para-hydroxylation sites is 1. The van der Waals surface area contributed by atoms with Crippen molar-refractivity contribution in [2.45, 2.75) is 13.3 Å². The van der Waals surface area contributed by atoms with Crippen LogP contribution in [0.1, 0.15) is 13.3 Å². The monoisotopic (exact) mass is 338 g/mol. The highest BCUT2D eigenvalue weighted by Crippen LogP contribution is 2.42. The molecule has 0 unspecified atom stereocenters. The van der Waals surface area contributed by atoms with E-state index < -0.39 is 5.63 Å². The molecule has 3 aromatic rings. The van der Waals surface area contributed by atoms with E-state index in [-0.39, 0.29) is 0 Å². The Kier molecular flexibility index (Phi) is 4.06. The second kappa shape index (κ2) is 6.51. The van der Waals surface area contributed by atoms with Gasteiger partial charge in [-0.25, -0.2) is 4.79 Å². The third kappa shape index (κ3) is 2.93. The van der Waals surface area contributed by atoms with Crippen LogP contribution >= 0.6 is 0 Å². The first-order chi connectivity index (χ1) is 12.3. The lowest BCUT2D eigenvalue weighted by molar-refractivity contribution is 0.172. The molecule has 2 heterocycles. The summed E-state index contributed by atoms with van der Waals surface area (Å²) in [5.41, 5.74) is 1.66. The van der Waals surface area contributed by atoms with Gasteiger partial charge in [0, 0.05) is 28.6 Å². The minimum Gasteiger partial charge on any atom is -0.493 e. The normalized spacial score (nSPS) is 13.0. The van der Waals surface area contributed by atoms with E-state index in [1.807, 2.05) is 37.3 Å². The van der Waals surface area contributed by atoms with Gasteiger partial charge in [-0.15, -0.1) is 0 Å². The van der Waals surface area contributed by atoms with Crippen molar-refractivity contribution >= 4 is 11.0 Å². The van der Waals surface area contributed by atoms with Gasteiger partial charge < -0.3 is 18.6 Å². The Morgan fingerprint density at radius 1 is 1.04 bits per heavy atom. The summed E-state index contributed by atoms with van der Waals surface area (Å²) in [6.07, 6.45) is 0.912. The second-order valence-electron chi connectivity index (χ2n) is 5.82. The second-order valence-corrected chi connectivity index (χ2v) is 5.82. The zero-order chi connectivity index (χ0) is 17.2. The smallest absolute Gasteiger partial charge is 0.336 e. The molecule has 0 saturated carbocycles. The van der Waals surface area contributed by atoms with Crippen molar-refractivity contribution in [2.75, 3.05) is 19.8 Å². The summed E-state index contributed by atoms with van der Waals surface area (Å²) in [4.78, 5) is 12.1. The van der Waals surface area contributed by atoms with Crippen LogP contribution in [0.25, 0.3) is 22.1 Å². The molecular formula is C20H18O5. The molecule has 1 aliphatic rings. The van der Waals surface area contributed by atoms with Gasteiger partial charge in [-0.1, -0.05) is 19.1 Å². The molecule has 1 aromatic heterocycles. The topological polar surface area (TPSA) is 57.9 Å². The number of hydrogen-bond acceptors (Lipinski definition) is 5. The van der Waals surface area contributed by atoms with Crippen LogP contribution in [0, 0.1) is 0 Å². The van der Waals surface area contributed by atoms with Crippen LogP contribution in [-0.2, 0) is 0 Å². The maximum atomic E-state index is 12.1. The van der Waals surface area contributed by atoms with Crippen LogP contribution < -0.4 is 19.8 Å². The SMILES string of the molecule is CCCOc1ccc2c(-c3cccc4c3OCCO4)cc(=O)oc2c1. The minimum atomic E-state index is -0.413. The van der Waals surface area contributed by atoms with Crippen molar-refractivity contribution in [3.05, 3.63) is 52.9 Å². The first-order valence-electron chi connectivity index (χ1n) is 8.36. The Hall–Kier alpha value is -2.95. The Bertz CT molecular complexity index is 973. The molecule has 0 radical (unpaired) electrons. The molecule has 0 saturated heterocycles. The van der Waals surface area contributed by atoms with Gasteiger partial charge in [0.1, 0.15) is 24.5 Å². The Balaban J connectivity index is 1.89. The molecule has 0 N–H and O–H groups in total. The Morgan fingerprint density at radius 2 is 1.92 bits per heavy atom. The highest BCUT2D eigenvalue weighted by molar-refractivity contribution is 5.96.